The summed E-state index contributed by atoms with van der Waals surface area (Å²) in [7, 11) is 0. The Morgan fingerprint density at radius 2 is 2.25 bits per heavy atom. The highest BCUT2D eigenvalue weighted by Gasteiger charge is 2.16. The first-order valence-electron chi connectivity index (χ1n) is 7.44. The maximum Gasteiger partial charge on any atom is 0.163 e. The Hall–Kier alpha value is -1.74. The molecule has 0 amide bonds. The fourth-order valence-corrected chi connectivity index (χ4v) is 2.97. The standard InChI is InChI=1S/C17H20N2O/c20-17(8-7-14-5-1-2-10-19-14)15-6-3-4-13-9-11-18-12-16(13)15/h3-4,6,9,11-12,14,19H,1-2,5,7-8,10H2. The number of piperidine rings is 1. The van der Waals surface area contributed by atoms with Crippen molar-refractivity contribution in [2.75, 3.05) is 6.54 Å². The maximum absolute atomic E-state index is 12.4. The number of pyridine rings is 1. The zero-order valence-corrected chi connectivity index (χ0v) is 11.6. The molecule has 1 unspecified atom stereocenters. The summed E-state index contributed by atoms with van der Waals surface area (Å²) in [6.45, 7) is 1.09. The number of carbonyl (C=O) groups excluding carboxylic acids is 1. The minimum Gasteiger partial charge on any atom is -0.314 e. The zero-order valence-electron chi connectivity index (χ0n) is 11.6. The van der Waals surface area contributed by atoms with Crippen LogP contribution >= 0.6 is 0 Å². The van der Waals surface area contributed by atoms with E-state index in [1.54, 1.807) is 12.4 Å². The Morgan fingerprint density at radius 1 is 1.30 bits per heavy atom. The fourth-order valence-electron chi connectivity index (χ4n) is 2.97. The molecule has 1 aromatic carbocycles. The third-order valence-electron chi connectivity index (χ3n) is 4.12. The first kappa shape index (κ1) is 13.3. The van der Waals surface area contributed by atoms with Crippen LogP contribution in [-0.4, -0.2) is 23.4 Å². The molecule has 0 radical (unpaired) electrons. The van der Waals surface area contributed by atoms with Crippen LogP contribution in [0.5, 0.6) is 0 Å². The molecule has 1 aromatic heterocycles. The van der Waals surface area contributed by atoms with Crippen molar-refractivity contribution >= 4 is 16.6 Å². The van der Waals surface area contributed by atoms with E-state index in [1.807, 2.05) is 24.3 Å². The molecule has 104 valence electrons. The van der Waals surface area contributed by atoms with Crippen LogP contribution in [0.15, 0.2) is 36.7 Å². The number of aromatic nitrogens is 1. The third kappa shape index (κ3) is 2.88. The van der Waals surface area contributed by atoms with E-state index in [0.29, 0.717) is 12.5 Å². The molecule has 0 saturated carbocycles. The molecule has 20 heavy (non-hydrogen) atoms. The molecule has 1 N–H and O–H groups in total. The second kappa shape index (κ2) is 6.14. The predicted octanol–water partition coefficient (Wildman–Crippen LogP) is 3.34. The van der Waals surface area contributed by atoms with Crippen LogP contribution in [0.4, 0.5) is 0 Å². The number of benzene rings is 1. The molecular formula is C17H20N2O. The average molecular weight is 268 g/mol. The molecule has 1 saturated heterocycles. The summed E-state index contributed by atoms with van der Waals surface area (Å²) < 4.78 is 0. The number of Topliss-reactive ketones (excluding diaryl/α,β-unsaturated/α-hetero) is 1. The first-order valence-corrected chi connectivity index (χ1v) is 7.44. The quantitative estimate of drug-likeness (QED) is 0.865. The molecule has 2 aromatic rings. The Balaban J connectivity index is 1.72. The van der Waals surface area contributed by atoms with Crippen molar-refractivity contribution < 1.29 is 4.79 Å². The van der Waals surface area contributed by atoms with Crippen molar-refractivity contribution in [1.82, 2.24) is 10.3 Å². The predicted molar refractivity (Wildman–Crippen MR) is 80.9 cm³/mol. The molecule has 1 aliphatic rings. The molecule has 3 rings (SSSR count). The second-order valence-electron chi connectivity index (χ2n) is 5.51. The number of carbonyl (C=O) groups is 1. The number of hydrogen-bond acceptors (Lipinski definition) is 3. The second-order valence-corrected chi connectivity index (χ2v) is 5.51. The van der Waals surface area contributed by atoms with Gasteiger partial charge >= 0.3 is 0 Å². The topological polar surface area (TPSA) is 42.0 Å². The highest BCUT2D eigenvalue weighted by Crippen LogP contribution is 2.20. The van der Waals surface area contributed by atoms with Gasteiger partial charge in [0.1, 0.15) is 0 Å². The summed E-state index contributed by atoms with van der Waals surface area (Å²) >= 11 is 0. The van der Waals surface area contributed by atoms with Crippen LogP contribution in [0, 0.1) is 0 Å². The largest absolute Gasteiger partial charge is 0.314 e. The van der Waals surface area contributed by atoms with Gasteiger partial charge in [0.05, 0.1) is 0 Å². The van der Waals surface area contributed by atoms with E-state index in [-0.39, 0.29) is 5.78 Å². The maximum atomic E-state index is 12.4. The van der Waals surface area contributed by atoms with Gasteiger partial charge in [-0.1, -0.05) is 24.6 Å². The van der Waals surface area contributed by atoms with Gasteiger partial charge in [-0.2, -0.15) is 0 Å². The lowest BCUT2D eigenvalue weighted by Gasteiger charge is -2.23. The third-order valence-corrected chi connectivity index (χ3v) is 4.12. The van der Waals surface area contributed by atoms with Crippen LogP contribution in [0.3, 0.4) is 0 Å². The van der Waals surface area contributed by atoms with E-state index in [4.69, 9.17) is 0 Å². The molecule has 2 heterocycles. The summed E-state index contributed by atoms with van der Waals surface area (Å²) in [6.07, 6.45) is 8.86. The molecule has 1 atom stereocenters. The minimum atomic E-state index is 0.232. The van der Waals surface area contributed by atoms with E-state index < -0.39 is 0 Å². The van der Waals surface area contributed by atoms with Crippen LogP contribution < -0.4 is 5.32 Å². The van der Waals surface area contributed by atoms with Gasteiger partial charge < -0.3 is 5.32 Å². The Kier molecular flexibility index (Phi) is 4.07. The number of nitrogens with one attached hydrogen (secondary N) is 1. The molecule has 1 fully saturated rings. The molecule has 0 spiro atoms. The van der Waals surface area contributed by atoms with E-state index in [9.17, 15) is 4.79 Å². The first-order chi connectivity index (χ1) is 9.84. The smallest absolute Gasteiger partial charge is 0.163 e. The average Bonchev–Trinajstić information content (AvgIpc) is 2.53. The molecule has 0 aliphatic carbocycles. The highest BCUT2D eigenvalue weighted by molar-refractivity contribution is 6.07. The molecule has 3 heteroatoms. The number of fused-ring (bicyclic) bond motifs is 1. The van der Waals surface area contributed by atoms with E-state index in [2.05, 4.69) is 10.3 Å². The van der Waals surface area contributed by atoms with E-state index >= 15 is 0 Å². The van der Waals surface area contributed by atoms with Gasteiger partial charge in [0.15, 0.2) is 5.78 Å². The van der Waals surface area contributed by atoms with E-state index in [1.165, 1.54) is 19.3 Å². The van der Waals surface area contributed by atoms with Gasteiger partial charge in [-0.05, 0) is 37.3 Å². The fraction of sp³-hybridized carbons (Fsp3) is 0.412. The summed E-state index contributed by atoms with van der Waals surface area (Å²) in [5.74, 6) is 0.232. The summed E-state index contributed by atoms with van der Waals surface area (Å²) in [4.78, 5) is 16.6. The monoisotopic (exact) mass is 268 g/mol. The van der Waals surface area contributed by atoms with Gasteiger partial charge in [-0.15, -0.1) is 0 Å². The number of rotatable bonds is 4. The number of nitrogens with zero attached hydrogens (tertiary/aromatic N) is 1. The van der Waals surface area contributed by atoms with Crippen LogP contribution in [0.25, 0.3) is 10.8 Å². The highest BCUT2D eigenvalue weighted by atomic mass is 16.1. The summed E-state index contributed by atoms with van der Waals surface area (Å²) in [6, 6.07) is 8.36. The van der Waals surface area contributed by atoms with Gasteiger partial charge in [-0.3, -0.25) is 9.78 Å². The lowest BCUT2D eigenvalue weighted by atomic mass is 9.95. The van der Waals surface area contributed by atoms with Crippen molar-refractivity contribution in [2.45, 2.75) is 38.1 Å². The van der Waals surface area contributed by atoms with Gasteiger partial charge in [0.25, 0.3) is 0 Å². The van der Waals surface area contributed by atoms with Gasteiger partial charge in [-0.25, -0.2) is 0 Å². The Bertz CT molecular complexity index is 597. The number of hydrogen-bond donors (Lipinski definition) is 1. The zero-order chi connectivity index (χ0) is 13.8. The van der Waals surface area contributed by atoms with Crippen molar-refractivity contribution in [1.29, 1.82) is 0 Å². The van der Waals surface area contributed by atoms with Crippen molar-refractivity contribution in [3.8, 4) is 0 Å². The molecule has 1 aliphatic heterocycles. The summed E-state index contributed by atoms with van der Waals surface area (Å²) in [5, 5.41) is 5.55. The summed E-state index contributed by atoms with van der Waals surface area (Å²) in [5.41, 5.74) is 0.811. The minimum absolute atomic E-state index is 0.232. The van der Waals surface area contributed by atoms with Gasteiger partial charge in [0, 0.05) is 35.8 Å². The van der Waals surface area contributed by atoms with Gasteiger partial charge in [0.2, 0.25) is 0 Å². The number of ketones is 1. The molecule has 0 bridgehead atoms. The lowest BCUT2D eigenvalue weighted by molar-refractivity contribution is 0.0976. The lowest BCUT2D eigenvalue weighted by Crippen LogP contribution is -2.34. The Morgan fingerprint density at radius 3 is 3.10 bits per heavy atom. The normalized spacial score (nSPS) is 19.1. The molecule has 3 nitrogen and oxygen atoms in total. The van der Waals surface area contributed by atoms with Crippen molar-refractivity contribution in [2.24, 2.45) is 0 Å². The van der Waals surface area contributed by atoms with Crippen LogP contribution in [0.1, 0.15) is 42.5 Å². The van der Waals surface area contributed by atoms with E-state index in [0.717, 1.165) is 29.3 Å². The SMILES string of the molecule is O=C(CCC1CCCCN1)c1cccc2ccncc12. The van der Waals surface area contributed by atoms with Crippen LogP contribution in [0.2, 0.25) is 0 Å². The van der Waals surface area contributed by atoms with Crippen LogP contribution in [-0.2, 0) is 0 Å². The van der Waals surface area contributed by atoms with Crippen molar-refractivity contribution in [3.63, 3.8) is 0 Å². The van der Waals surface area contributed by atoms with Crippen molar-refractivity contribution in [3.05, 3.63) is 42.2 Å². The Labute approximate surface area is 119 Å². The molecular weight excluding hydrogens is 248 g/mol.